The fourth-order valence-corrected chi connectivity index (χ4v) is 1.65. The molecule has 0 bridgehead atoms. The highest BCUT2D eigenvalue weighted by atomic mass is 35.5. The molecule has 0 spiro atoms. The minimum absolute atomic E-state index is 0.201. The van der Waals surface area contributed by atoms with Crippen LogP contribution in [0, 0.1) is 0 Å². The van der Waals surface area contributed by atoms with Crippen molar-refractivity contribution in [2.45, 2.75) is 13.1 Å². The average molecular weight is 265 g/mol. The van der Waals surface area contributed by atoms with E-state index in [1.165, 1.54) is 12.1 Å². The molecular weight excluding hydrogens is 252 g/mol. The van der Waals surface area contributed by atoms with Crippen molar-refractivity contribution in [1.82, 2.24) is 5.32 Å². The number of halogens is 1. The molecule has 1 amide bonds. The molecule has 0 unspecified atom stereocenters. The molecule has 0 aliphatic rings. The van der Waals surface area contributed by atoms with Gasteiger partial charge in [-0.3, -0.25) is 4.79 Å². The summed E-state index contributed by atoms with van der Waals surface area (Å²) in [4.78, 5) is 11.7. The molecule has 0 atom stereocenters. The molecule has 0 fully saturated rings. The third-order valence-electron chi connectivity index (χ3n) is 2.51. The van der Waals surface area contributed by atoms with Crippen molar-refractivity contribution in [2.75, 3.05) is 0 Å². The molecule has 0 saturated heterocycles. The molecular formula is C13H13ClN2O2. The fraction of sp³-hybridized carbons (Fsp3) is 0.154. The fourth-order valence-electron chi connectivity index (χ4n) is 1.50. The van der Waals surface area contributed by atoms with E-state index >= 15 is 0 Å². The summed E-state index contributed by atoms with van der Waals surface area (Å²) < 4.78 is 5.01. The Labute approximate surface area is 110 Å². The monoisotopic (exact) mass is 264 g/mol. The first-order valence-corrected chi connectivity index (χ1v) is 5.88. The molecule has 2 rings (SSSR count). The Balaban J connectivity index is 1.92. The second-order valence-electron chi connectivity index (χ2n) is 3.81. The number of nitrogens with one attached hydrogen (secondary N) is 1. The lowest BCUT2D eigenvalue weighted by atomic mass is 10.1. The molecule has 1 aromatic heterocycles. The lowest BCUT2D eigenvalue weighted by Gasteiger charge is -2.04. The summed E-state index contributed by atoms with van der Waals surface area (Å²) in [6.45, 7) is 0.944. The van der Waals surface area contributed by atoms with Crippen molar-refractivity contribution in [2.24, 2.45) is 5.73 Å². The van der Waals surface area contributed by atoms with Gasteiger partial charge in [-0.05, 0) is 34.9 Å². The maximum Gasteiger partial charge on any atom is 0.287 e. The first-order valence-electron chi connectivity index (χ1n) is 5.50. The van der Waals surface area contributed by atoms with E-state index in [1.54, 1.807) is 0 Å². The van der Waals surface area contributed by atoms with Gasteiger partial charge < -0.3 is 15.5 Å². The van der Waals surface area contributed by atoms with Crippen LogP contribution in [0.4, 0.5) is 0 Å². The van der Waals surface area contributed by atoms with E-state index in [-0.39, 0.29) is 16.9 Å². The van der Waals surface area contributed by atoms with Crippen LogP contribution in [0.1, 0.15) is 21.7 Å². The van der Waals surface area contributed by atoms with Crippen LogP contribution in [-0.2, 0) is 13.1 Å². The molecule has 2 aromatic rings. The molecule has 1 aromatic carbocycles. The summed E-state index contributed by atoms with van der Waals surface area (Å²) >= 11 is 5.60. The Bertz CT molecular complexity index is 534. The highest BCUT2D eigenvalue weighted by molar-refractivity contribution is 6.29. The number of amides is 1. The van der Waals surface area contributed by atoms with E-state index in [4.69, 9.17) is 21.8 Å². The zero-order valence-corrected chi connectivity index (χ0v) is 10.4. The zero-order chi connectivity index (χ0) is 13.0. The molecule has 0 aliphatic heterocycles. The van der Waals surface area contributed by atoms with Crippen molar-refractivity contribution in [3.05, 3.63) is 58.5 Å². The Morgan fingerprint density at radius 3 is 2.39 bits per heavy atom. The van der Waals surface area contributed by atoms with E-state index in [1.807, 2.05) is 24.3 Å². The minimum atomic E-state index is -0.287. The molecule has 0 saturated carbocycles. The first-order chi connectivity index (χ1) is 8.69. The van der Waals surface area contributed by atoms with Gasteiger partial charge in [0.1, 0.15) is 0 Å². The van der Waals surface area contributed by atoms with Gasteiger partial charge in [-0.25, -0.2) is 0 Å². The maximum absolute atomic E-state index is 11.7. The molecule has 3 N–H and O–H groups in total. The van der Waals surface area contributed by atoms with Gasteiger partial charge in [-0.2, -0.15) is 0 Å². The van der Waals surface area contributed by atoms with Crippen LogP contribution in [0.15, 0.2) is 40.8 Å². The van der Waals surface area contributed by atoms with Crippen molar-refractivity contribution in [1.29, 1.82) is 0 Å². The number of furan rings is 1. The number of rotatable bonds is 4. The number of nitrogens with two attached hydrogens (primary N) is 1. The van der Waals surface area contributed by atoms with Gasteiger partial charge >= 0.3 is 0 Å². The lowest BCUT2D eigenvalue weighted by Crippen LogP contribution is -2.22. The van der Waals surface area contributed by atoms with Gasteiger partial charge in [-0.15, -0.1) is 0 Å². The van der Waals surface area contributed by atoms with Crippen molar-refractivity contribution in [3.8, 4) is 0 Å². The van der Waals surface area contributed by atoms with E-state index in [9.17, 15) is 4.79 Å². The summed E-state index contributed by atoms with van der Waals surface area (Å²) in [7, 11) is 0. The molecule has 94 valence electrons. The molecule has 1 heterocycles. The molecule has 18 heavy (non-hydrogen) atoms. The standard InChI is InChI=1S/C13H13ClN2O2/c14-12-6-5-11(18-12)13(17)16-8-10-3-1-9(7-15)2-4-10/h1-6H,7-8,15H2,(H,16,17). The summed E-state index contributed by atoms with van der Waals surface area (Å²) in [5, 5.41) is 2.94. The maximum atomic E-state index is 11.7. The minimum Gasteiger partial charge on any atom is -0.440 e. The van der Waals surface area contributed by atoms with Crippen LogP contribution >= 0.6 is 11.6 Å². The smallest absolute Gasteiger partial charge is 0.287 e. The van der Waals surface area contributed by atoms with E-state index in [0.717, 1.165) is 11.1 Å². The van der Waals surface area contributed by atoms with Gasteiger partial charge in [-0.1, -0.05) is 24.3 Å². The lowest BCUT2D eigenvalue weighted by molar-refractivity contribution is 0.0923. The van der Waals surface area contributed by atoms with Gasteiger partial charge in [0.15, 0.2) is 11.0 Å². The van der Waals surface area contributed by atoms with Crippen LogP contribution in [0.2, 0.25) is 5.22 Å². The normalized spacial score (nSPS) is 10.3. The van der Waals surface area contributed by atoms with Crippen LogP contribution in [-0.4, -0.2) is 5.91 Å². The highest BCUT2D eigenvalue weighted by Crippen LogP contribution is 2.13. The Hall–Kier alpha value is -1.78. The van der Waals surface area contributed by atoms with Gasteiger partial charge in [0, 0.05) is 13.1 Å². The van der Waals surface area contributed by atoms with Crippen molar-refractivity contribution in [3.63, 3.8) is 0 Å². The van der Waals surface area contributed by atoms with Gasteiger partial charge in [0.25, 0.3) is 5.91 Å². The second kappa shape index (κ2) is 5.71. The zero-order valence-electron chi connectivity index (χ0n) is 9.65. The van der Waals surface area contributed by atoms with E-state index < -0.39 is 0 Å². The number of carbonyl (C=O) groups is 1. The predicted octanol–water partition coefficient (Wildman–Crippen LogP) is 2.32. The second-order valence-corrected chi connectivity index (χ2v) is 4.18. The third-order valence-corrected chi connectivity index (χ3v) is 2.71. The Morgan fingerprint density at radius 2 is 1.83 bits per heavy atom. The third kappa shape index (κ3) is 3.12. The predicted molar refractivity (Wildman–Crippen MR) is 69.2 cm³/mol. The topological polar surface area (TPSA) is 68.3 Å². The largest absolute Gasteiger partial charge is 0.440 e. The average Bonchev–Trinajstić information content (AvgIpc) is 2.83. The summed E-state index contributed by atoms with van der Waals surface area (Å²) in [5.74, 6) is -0.0802. The molecule has 4 nitrogen and oxygen atoms in total. The molecule has 0 radical (unpaired) electrons. The van der Waals surface area contributed by atoms with Gasteiger partial charge in [0.05, 0.1) is 0 Å². The molecule has 0 aliphatic carbocycles. The van der Waals surface area contributed by atoms with Crippen molar-refractivity contribution >= 4 is 17.5 Å². The number of carbonyl (C=O) groups excluding carboxylic acids is 1. The highest BCUT2D eigenvalue weighted by Gasteiger charge is 2.09. The quantitative estimate of drug-likeness (QED) is 0.890. The summed E-state index contributed by atoms with van der Waals surface area (Å²) in [6, 6.07) is 10.8. The summed E-state index contributed by atoms with van der Waals surface area (Å²) in [5.41, 5.74) is 7.56. The van der Waals surface area contributed by atoms with Crippen LogP contribution in [0.25, 0.3) is 0 Å². The number of hydrogen-bond donors (Lipinski definition) is 2. The first kappa shape index (κ1) is 12.7. The SMILES string of the molecule is NCc1ccc(CNC(=O)c2ccc(Cl)o2)cc1. The van der Waals surface area contributed by atoms with E-state index in [0.29, 0.717) is 13.1 Å². The van der Waals surface area contributed by atoms with E-state index in [2.05, 4.69) is 5.32 Å². The van der Waals surface area contributed by atoms with Crippen LogP contribution in [0.3, 0.4) is 0 Å². The van der Waals surface area contributed by atoms with Crippen LogP contribution in [0.5, 0.6) is 0 Å². The number of benzene rings is 1. The Morgan fingerprint density at radius 1 is 1.17 bits per heavy atom. The number of hydrogen-bond acceptors (Lipinski definition) is 3. The summed E-state index contributed by atoms with van der Waals surface area (Å²) in [6.07, 6.45) is 0. The molecule has 5 heteroatoms. The van der Waals surface area contributed by atoms with Crippen molar-refractivity contribution < 1.29 is 9.21 Å². The van der Waals surface area contributed by atoms with Gasteiger partial charge in [0.2, 0.25) is 0 Å². The Kier molecular flexibility index (Phi) is 4.02. The van der Waals surface area contributed by atoms with Crippen LogP contribution < -0.4 is 11.1 Å².